The number of benzene rings is 1. The molecule has 3 aromatic rings. The predicted octanol–water partition coefficient (Wildman–Crippen LogP) is 1.54. The topological polar surface area (TPSA) is 87.0 Å². The first-order chi connectivity index (χ1) is 12.2. The lowest BCUT2D eigenvalue weighted by Gasteiger charge is -2.27. The predicted molar refractivity (Wildman–Crippen MR) is 90.7 cm³/mol. The molecule has 3 heterocycles. The summed E-state index contributed by atoms with van der Waals surface area (Å²) in [5.74, 6) is -0.0728. The molecule has 0 spiro atoms. The van der Waals surface area contributed by atoms with Gasteiger partial charge in [0.1, 0.15) is 11.8 Å². The third-order valence-electron chi connectivity index (χ3n) is 4.45. The van der Waals surface area contributed by atoms with Crippen LogP contribution in [0.2, 0.25) is 0 Å². The molecule has 0 fully saturated rings. The molecule has 0 saturated heterocycles. The summed E-state index contributed by atoms with van der Waals surface area (Å²) < 4.78 is 1.88. The Morgan fingerprint density at radius 1 is 1.28 bits per heavy atom. The molecule has 0 unspecified atom stereocenters. The second-order valence-corrected chi connectivity index (χ2v) is 6.18. The van der Waals surface area contributed by atoms with Crippen molar-refractivity contribution in [2.24, 2.45) is 0 Å². The zero-order chi connectivity index (χ0) is 17.2. The van der Waals surface area contributed by atoms with E-state index in [-0.39, 0.29) is 5.91 Å². The number of carbonyl (C=O) groups is 1. The second-order valence-electron chi connectivity index (χ2n) is 6.18. The van der Waals surface area contributed by atoms with Crippen molar-refractivity contribution in [3.8, 4) is 0 Å². The van der Waals surface area contributed by atoms with E-state index < -0.39 is 6.10 Å². The van der Waals surface area contributed by atoms with Gasteiger partial charge in [-0.1, -0.05) is 30.3 Å². The van der Waals surface area contributed by atoms with Crippen LogP contribution in [-0.2, 0) is 19.5 Å². The molecule has 4 rings (SSSR count). The number of fused-ring (bicyclic) bond motifs is 1. The highest BCUT2D eigenvalue weighted by Gasteiger charge is 2.25. The highest BCUT2D eigenvalue weighted by molar-refractivity contribution is 5.92. The molecule has 128 valence electrons. The number of imidazole rings is 1. The van der Waals surface area contributed by atoms with Crippen LogP contribution in [-0.4, -0.2) is 42.2 Å². The van der Waals surface area contributed by atoms with Gasteiger partial charge in [0.05, 0.1) is 37.0 Å². The number of carbonyl (C=O) groups excluding carboxylic acids is 1. The Morgan fingerprint density at radius 2 is 2.12 bits per heavy atom. The standard InChI is InChI=1S/C18H19N5O2/c24-17(8-13-4-2-1-3-5-13)15-9-14-11-22(6-7-23(14)21-15)18(25)16-10-19-12-20-16/h1-5,9-10,12,17,24H,6-8,11H2,(H,19,20)/t17-/m0/s1. The molecule has 0 bridgehead atoms. The zero-order valence-corrected chi connectivity index (χ0v) is 13.7. The Labute approximate surface area is 144 Å². The molecule has 1 atom stereocenters. The highest BCUT2D eigenvalue weighted by Crippen LogP contribution is 2.21. The Hall–Kier alpha value is -2.93. The first kappa shape index (κ1) is 15.6. The summed E-state index contributed by atoms with van der Waals surface area (Å²) in [6.07, 6.45) is 2.90. The van der Waals surface area contributed by atoms with Gasteiger partial charge in [0, 0.05) is 13.0 Å². The Morgan fingerprint density at radius 3 is 2.88 bits per heavy atom. The number of nitrogens with zero attached hydrogens (tertiary/aromatic N) is 4. The van der Waals surface area contributed by atoms with Gasteiger partial charge in [-0.2, -0.15) is 5.10 Å². The molecule has 25 heavy (non-hydrogen) atoms. The molecule has 7 nitrogen and oxygen atoms in total. The molecule has 7 heteroatoms. The Bertz CT molecular complexity index is 857. The minimum Gasteiger partial charge on any atom is -0.386 e. The molecular formula is C18H19N5O2. The molecule has 1 aliphatic rings. The number of hydrogen-bond donors (Lipinski definition) is 2. The molecular weight excluding hydrogens is 318 g/mol. The number of aromatic nitrogens is 4. The van der Waals surface area contributed by atoms with Crippen LogP contribution >= 0.6 is 0 Å². The van der Waals surface area contributed by atoms with Crippen LogP contribution in [0.25, 0.3) is 0 Å². The van der Waals surface area contributed by atoms with Crippen LogP contribution < -0.4 is 0 Å². The first-order valence-electron chi connectivity index (χ1n) is 8.27. The van der Waals surface area contributed by atoms with E-state index in [4.69, 9.17) is 0 Å². The fourth-order valence-electron chi connectivity index (χ4n) is 3.11. The molecule has 0 radical (unpaired) electrons. The fourth-order valence-corrected chi connectivity index (χ4v) is 3.11. The Kier molecular flexibility index (Phi) is 4.07. The third kappa shape index (κ3) is 3.18. The SMILES string of the molecule is O=C(c1cnc[nH]1)N1CCn2nc([C@@H](O)Cc3ccccc3)cc2C1. The highest BCUT2D eigenvalue weighted by atomic mass is 16.3. The summed E-state index contributed by atoms with van der Waals surface area (Å²) in [5, 5.41) is 15.0. The smallest absolute Gasteiger partial charge is 0.272 e. The number of aliphatic hydroxyl groups excluding tert-OH is 1. The average Bonchev–Trinajstić information content (AvgIpc) is 3.31. The number of amides is 1. The van der Waals surface area contributed by atoms with Crippen LogP contribution in [0.1, 0.15) is 33.5 Å². The molecule has 1 amide bonds. The minimum atomic E-state index is -0.655. The lowest BCUT2D eigenvalue weighted by atomic mass is 10.1. The van der Waals surface area contributed by atoms with Crippen LogP contribution in [0.4, 0.5) is 0 Å². The largest absolute Gasteiger partial charge is 0.386 e. The lowest BCUT2D eigenvalue weighted by Crippen LogP contribution is -2.38. The average molecular weight is 337 g/mol. The molecule has 0 aliphatic carbocycles. The maximum atomic E-state index is 12.4. The minimum absolute atomic E-state index is 0.0728. The maximum absolute atomic E-state index is 12.4. The quantitative estimate of drug-likeness (QED) is 0.756. The van der Waals surface area contributed by atoms with Crippen molar-refractivity contribution in [3.05, 3.63) is 71.6 Å². The number of aromatic amines is 1. The van der Waals surface area contributed by atoms with Crippen LogP contribution in [0, 0.1) is 0 Å². The summed E-state index contributed by atoms with van der Waals surface area (Å²) >= 11 is 0. The van der Waals surface area contributed by atoms with E-state index >= 15 is 0 Å². The van der Waals surface area contributed by atoms with Gasteiger partial charge in [-0.15, -0.1) is 0 Å². The number of H-pyrrole nitrogens is 1. The van der Waals surface area contributed by atoms with Gasteiger partial charge in [-0.3, -0.25) is 9.48 Å². The van der Waals surface area contributed by atoms with Gasteiger partial charge in [-0.25, -0.2) is 4.98 Å². The third-order valence-corrected chi connectivity index (χ3v) is 4.45. The van der Waals surface area contributed by atoms with E-state index in [1.54, 1.807) is 4.90 Å². The van der Waals surface area contributed by atoms with Gasteiger partial charge in [-0.05, 0) is 11.6 Å². The van der Waals surface area contributed by atoms with Crippen LogP contribution in [0.3, 0.4) is 0 Å². The summed E-state index contributed by atoms with van der Waals surface area (Å²) in [6.45, 7) is 1.68. The van der Waals surface area contributed by atoms with E-state index in [1.807, 2.05) is 41.1 Å². The van der Waals surface area contributed by atoms with E-state index in [1.165, 1.54) is 12.5 Å². The van der Waals surface area contributed by atoms with E-state index in [0.717, 1.165) is 11.3 Å². The number of hydrogen-bond acceptors (Lipinski definition) is 4. The molecule has 1 aromatic carbocycles. The van der Waals surface area contributed by atoms with E-state index in [0.29, 0.717) is 37.4 Å². The molecule has 2 N–H and O–H groups in total. The molecule has 2 aromatic heterocycles. The van der Waals surface area contributed by atoms with E-state index in [2.05, 4.69) is 15.1 Å². The van der Waals surface area contributed by atoms with Crippen molar-refractivity contribution in [1.29, 1.82) is 0 Å². The van der Waals surface area contributed by atoms with Gasteiger partial charge < -0.3 is 15.0 Å². The molecule has 0 saturated carbocycles. The summed E-state index contributed by atoms with van der Waals surface area (Å²) in [6, 6.07) is 11.7. The van der Waals surface area contributed by atoms with Gasteiger partial charge in [0.15, 0.2) is 0 Å². The zero-order valence-electron chi connectivity index (χ0n) is 13.7. The maximum Gasteiger partial charge on any atom is 0.272 e. The second kappa shape index (κ2) is 6.52. The summed E-state index contributed by atoms with van der Waals surface area (Å²) in [4.78, 5) is 20.9. The van der Waals surface area contributed by atoms with Crippen LogP contribution in [0.5, 0.6) is 0 Å². The van der Waals surface area contributed by atoms with Gasteiger partial charge in [0.25, 0.3) is 5.91 Å². The van der Waals surface area contributed by atoms with Crippen molar-refractivity contribution in [2.45, 2.75) is 25.6 Å². The van der Waals surface area contributed by atoms with Crippen molar-refractivity contribution >= 4 is 5.91 Å². The number of nitrogens with one attached hydrogen (secondary N) is 1. The van der Waals surface area contributed by atoms with E-state index in [9.17, 15) is 9.90 Å². The van der Waals surface area contributed by atoms with Crippen LogP contribution in [0.15, 0.2) is 48.9 Å². The number of rotatable bonds is 4. The van der Waals surface area contributed by atoms with Gasteiger partial charge in [0.2, 0.25) is 0 Å². The summed E-state index contributed by atoms with van der Waals surface area (Å²) in [7, 11) is 0. The number of aliphatic hydroxyl groups is 1. The lowest BCUT2D eigenvalue weighted by molar-refractivity contribution is 0.0700. The van der Waals surface area contributed by atoms with Crippen molar-refractivity contribution in [2.75, 3.05) is 6.54 Å². The van der Waals surface area contributed by atoms with Crippen molar-refractivity contribution in [1.82, 2.24) is 24.6 Å². The fraction of sp³-hybridized carbons (Fsp3) is 0.278. The monoisotopic (exact) mass is 337 g/mol. The Balaban J connectivity index is 1.48. The molecule has 1 aliphatic heterocycles. The summed E-state index contributed by atoms with van der Waals surface area (Å²) in [5.41, 5.74) is 3.13. The first-order valence-corrected chi connectivity index (χ1v) is 8.27. The van der Waals surface area contributed by atoms with Gasteiger partial charge >= 0.3 is 0 Å². The normalized spacial score (nSPS) is 15.0. The van der Waals surface area contributed by atoms with Crippen molar-refractivity contribution in [3.63, 3.8) is 0 Å². The van der Waals surface area contributed by atoms with Crippen molar-refractivity contribution < 1.29 is 9.90 Å².